The maximum Gasteiger partial charge on any atom is 0.426 e. The Morgan fingerprint density at radius 2 is 1.78 bits per heavy atom. The highest BCUT2D eigenvalue weighted by molar-refractivity contribution is 7.10. The molecule has 0 aliphatic carbocycles. The molecule has 0 radical (unpaired) electrons. The first-order valence-electron chi connectivity index (χ1n) is 4.95. The highest BCUT2D eigenvalue weighted by Gasteiger charge is 2.57. The Bertz CT molecular complexity index is 535. The van der Waals surface area contributed by atoms with Crippen molar-refractivity contribution >= 4 is 11.3 Å². The van der Waals surface area contributed by atoms with E-state index in [2.05, 4.69) is 0 Å². The number of rotatable bonds is 2. The third-order valence-corrected chi connectivity index (χ3v) is 3.51. The number of thiophene rings is 1. The monoisotopic (exact) mass is 276 g/mol. The maximum absolute atomic E-state index is 13.1. The minimum atomic E-state index is -4.92. The number of hydrogen-bond donors (Lipinski definition) is 1. The lowest BCUT2D eigenvalue weighted by molar-refractivity contribution is -0.247. The Hall–Kier alpha value is -1.40. The van der Waals surface area contributed by atoms with E-state index in [0.29, 0.717) is 6.07 Å². The summed E-state index contributed by atoms with van der Waals surface area (Å²) in [6.07, 6.45) is -4.92. The summed E-state index contributed by atoms with van der Waals surface area (Å²) in [5.41, 5.74) is -3.71. The number of hydrogen-bond acceptors (Lipinski definition) is 2. The Morgan fingerprint density at radius 1 is 1.06 bits per heavy atom. The molecule has 0 saturated heterocycles. The second kappa shape index (κ2) is 4.37. The maximum atomic E-state index is 13.1. The minimum absolute atomic E-state index is 0.291. The van der Waals surface area contributed by atoms with E-state index in [9.17, 15) is 22.7 Å². The van der Waals surface area contributed by atoms with E-state index >= 15 is 0 Å². The lowest BCUT2D eigenvalue weighted by atomic mass is 9.91. The summed E-state index contributed by atoms with van der Waals surface area (Å²) in [6.45, 7) is 0. The summed E-state index contributed by atoms with van der Waals surface area (Å²) < 4.78 is 52.4. The molecule has 0 aliphatic rings. The van der Waals surface area contributed by atoms with Gasteiger partial charge in [0.05, 0.1) is 0 Å². The summed E-state index contributed by atoms with van der Waals surface area (Å²) in [4.78, 5) is -0.291. The summed E-state index contributed by atoms with van der Waals surface area (Å²) in [6, 6.07) is 6.46. The first-order valence-corrected chi connectivity index (χ1v) is 5.83. The van der Waals surface area contributed by atoms with Crippen molar-refractivity contribution in [2.45, 2.75) is 11.8 Å². The molecule has 1 unspecified atom stereocenters. The predicted molar refractivity (Wildman–Crippen MR) is 59.8 cm³/mol. The van der Waals surface area contributed by atoms with Crippen LogP contribution in [0.3, 0.4) is 0 Å². The molecule has 0 aliphatic heterocycles. The molecule has 1 atom stereocenters. The second-order valence-corrected chi connectivity index (χ2v) is 4.64. The van der Waals surface area contributed by atoms with E-state index < -0.39 is 23.2 Å². The Morgan fingerprint density at radius 3 is 2.28 bits per heavy atom. The van der Waals surface area contributed by atoms with Gasteiger partial charge in [0.1, 0.15) is 5.82 Å². The van der Waals surface area contributed by atoms with E-state index in [0.717, 1.165) is 29.5 Å². The molecule has 0 fully saturated rings. The first kappa shape index (κ1) is 13.0. The zero-order valence-electron chi connectivity index (χ0n) is 8.91. The fourth-order valence-electron chi connectivity index (χ4n) is 1.64. The van der Waals surface area contributed by atoms with Gasteiger partial charge in [0.25, 0.3) is 0 Å². The topological polar surface area (TPSA) is 20.2 Å². The van der Waals surface area contributed by atoms with Gasteiger partial charge in [0, 0.05) is 10.4 Å². The van der Waals surface area contributed by atoms with Crippen LogP contribution in [-0.2, 0) is 5.60 Å². The van der Waals surface area contributed by atoms with Gasteiger partial charge in [0.2, 0.25) is 5.60 Å². The van der Waals surface area contributed by atoms with E-state index in [1.807, 2.05) is 0 Å². The smallest absolute Gasteiger partial charge is 0.372 e. The van der Waals surface area contributed by atoms with Crippen molar-refractivity contribution in [3.8, 4) is 0 Å². The standard InChI is InChI=1S/C12H8F4OS/c13-9-4-1-3-8(7-9)11(17,12(14,15)16)10-5-2-6-18-10/h1-7,17H. The van der Waals surface area contributed by atoms with Crippen molar-refractivity contribution in [1.29, 1.82) is 0 Å². The predicted octanol–water partition coefficient (Wildman–Crippen LogP) is 3.69. The average molecular weight is 276 g/mol. The van der Waals surface area contributed by atoms with Crippen molar-refractivity contribution in [3.05, 3.63) is 58.0 Å². The Labute approximate surface area is 104 Å². The van der Waals surface area contributed by atoms with E-state index in [-0.39, 0.29) is 4.88 Å². The molecule has 0 amide bonds. The molecule has 1 N–H and O–H groups in total. The molecule has 2 rings (SSSR count). The SMILES string of the molecule is OC(c1cccc(F)c1)(c1cccs1)C(F)(F)F. The molecule has 1 nitrogen and oxygen atoms in total. The van der Waals surface area contributed by atoms with Crippen LogP contribution in [0.5, 0.6) is 0 Å². The van der Waals surface area contributed by atoms with Crippen LogP contribution in [-0.4, -0.2) is 11.3 Å². The third-order valence-electron chi connectivity index (χ3n) is 2.53. The molecule has 18 heavy (non-hydrogen) atoms. The van der Waals surface area contributed by atoms with Crippen LogP contribution in [0.4, 0.5) is 17.6 Å². The Balaban J connectivity index is 2.64. The molecule has 2 aromatic rings. The van der Waals surface area contributed by atoms with Gasteiger partial charge in [-0.15, -0.1) is 11.3 Å². The van der Waals surface area contributed by atoms with Crippen LogP contribution in [0, 0.1) is 5.82 Å². The molecular weight excluding hydrogens is 268 g/mol. The van der Waals surface area contributed by atoms with Crippen LogP contribution >= 0.6 is 11.3 Å². The van der Waals surface area contributed by atoms with Gasteiger partial charge in [-0.2, -0.15) is 13.2 Å². The second-order valence-electron chi connectivity index (χ2n) is 3.70. The van der Waals surface area contributed by atoms with Gasteiger partial charge >= 0.3 is 6.18 Å². The Kier molecular flexibility index (Phi) is 3.16. The van der Waals surface area contributed by atoms with Crippen LogP contribution in [0.2, 0.25) is 0 Å². The fraction of sp³-hybridized carbons (Fsp3) is 0.167. The van der Waals surface area contributed by atoms with E-state index in [4.69, 9.17) is 0 Å². The zero-order valence-corrected chi connectivity index (χ0v) is 9.73. The molecule has 1 aromatic heterocycles. The minimum Gasteiger partial charge on any atom is -0.372 e. The van der Waals surface area contributed by atoms with Gasteiger partial charge in [-0.1, -0.05) is 18.2 Å². The van der Waals surface area contributed by atoms with Crippen molar-refractivity contribution in [2.24, 2.45) is 0 Å². The number of aliphatic hydroxyl groups is 1. The molecule has 96 valence electrons. The van der Waals surface area contributed by atoms with Crippen molar-refractivity contribution in [2.75, 3.05) is 0 Å². The molecule has 6 heteroatoms. The van der Waals surface area contributed by atoms with Crippen molar-refractivity contribution < 1.29 is 22.7 Å². The van der Waals surface area contributed by atoms with Gasteiger partial charge in [0.15, 0.2) is 0 Å². The van der Waals surface area contributed by atoms with Crippen LogP contribution in [0.1, 0.15) is 10.4 Å². The van der Waals surface area contributed by atoms with Crippen LogP contribution in [0.15, 0.2) is 41.8 Å². The average Bonchev–Trinajstić information content (AvgIpc) is 2.80. The van der Waals surface area contributed by atoms with Gasteiger partial charge in [-0.3, -0.25) is 0 Å². The highest BCUT2D eigenvalue weighted by atomic mass is 32.1. The van der Waals surface area contributed by atoms with Crippen LogP contribution in [0.25, 0.3) is 0 Å². The zero-order chi connectivity index (χ0) is 13.4. The molecule has 1 aromatic carbocycles. The number of halogens is 4. The van der Waals surface area contributed by atoms with Crippen molar-refractivity contribution in [3.63, 3.8) is 0 Å². The summed E-state index contributed by atoms with van der Waals surface area (Å²) >= 11 is 0.765. The molecule has 0 saturated carbocycles. The van der Waals surface area contributed by atoms with E-state index in [1.54, 1.807) is 0 Å². The summed E-state index contributed by atoms with van der Waals surface area (Å²) in [5.74, 6) is -0.827. The lowest BCUT2D eigenvalue weighted by Gasteiger charge is -2.30. The summed E-state index contributed by atoms with van der Waals surface area (Å²) in [5, 5.41) is 11.4. The fourth-order valence-corrected chi connectivity index (χ4v) is 2.51. The normalized spacial score (nSPS) is 15.4. The van der Waals surface area contributed by atoms with Crippen molar-refractivity contribution in [1.82, 2.24) is 0 Å². The number of benzene rings is 1. The quantitative estimate of drug-likeness (QED) is 0.829. The molecular formula is C12H8F4OS. The molecule has 1 heterocycles. The van der Waals surface area contributed by atoms with Gasteiger partial charge < -0.3 is 5.11 Å². The van der Waals surface area contributed by atoms with Gasteiger partial charge in [-0.25, -0.2) is 4.39 Å². The molecule has 0 bridgehead atoms. The van der Waals surface area contributed by atoms with Crippen LogP contribution < -0.4 is 0 Å². The first-order chi connectivity index (χ1) is 8.35. The summed E-state index contributed by atoms with van der Waals surface area (Å²) in [7, 11) is 0. The molecule has 0 spiro atoms. The van der Waals surface area contributed by atoms with E-state index in [1.165, 1.54) is 17.5 Å². The largest absolute Gasteiger partial charge is 0.426 e. The number of alkyl halides is 3. The third kappa shape index (κ3) is 2.02. The lowest BCUT2D eigenvalue weighted by Crippen LogP contribution is -2.42. The van der Waals surface area contributed by atoms with Gasteiger partial charge in [-0.05, 0) is 23.6 Å². The highest BCUT2D eigenvalue weighted by Crippen LogP contribution is 2.45.